The standard InChI is InChI=1S/C25H42O3/c1-16(8-13-23(27)28-4)19-11-12-20-18-10-9-17-7-5-6-14-24(17,2)21(18)15-22(26)25(19,20)3/h16-22,26H,5-15H2,1-4H3/t16?,17-,18?,19?,20?,21?,22?,24?,25?/m0/s1. The number of hydrogen-bond donors (Lipinski definition) is 1. The van der Waals surface area contributed by atoms with Gasteiger partial charge in [0.15, 0.2) is 0 Å². The van der Waals surface area contributed by atoms with Gasteiger partial charge in [0.25, 0.3) is 0 Å². The van der Waals surface area contributed by atoms with Crippen molar-refractivity contribution >= 4 is 5.97 Å². The molecule has 0 heterocycles. The molecule has 28 heavy (non-hydrogen) atoms. The monoisotopic (exact) mass is 390 g/mol. The molecule has 0 radical (unpaired) electrons. The first-order valence-corrected chi connectivity index (χ1v) is 12.1. The molecule has 3 heteroatoms. The second-order valence-corrected chi connectivity index (χ2v) is 11.3. The van der Waals surface area contributed by atoms with Crippen molar-refractivity contribution in [2.24, 2.45) is 46.3 Å². The lowest BCUT2D eigenvalue weighted by Crippen LogP contribution is -2.58. The fourth-order valence-corrected chi connectivity index (χ4v) is 8.87. The van der Waals surface area contributed by atoms with Crippen molar-refractivity contribution in [3.8, 4) is 0 Å². The van der Waals surface area contributed by atoms with Gasteiger partial charge in [0.2, 0.25) is 0 Å². The van der Waals surface area contributed by atoms with Gasteiger partial charge < -0.3 is 9.84 Å². The first-order valence-electron chi connectivity index (χ1n) is 12.1. The third kappa shape index (κ3) is 3.06. The zero-order valence-corrected chi connectivity index (χ0v) is 18.6. The van der Waals surface area contributed by atoms with Crippen LogP contribution in [0.3, 0.4) is 0 Å². The van der Waals surface area contributed by atoms with Gasteiger partial charge in [-0.25, -0.2) is 0 Å². The van der Waals surface area contributed by atoms with Crippen molar-refractivity contribution in [2.75, 3.05) is 7.11 Å². The number of rotatable bonds is 4. The fraction of sp³-hybridized carbons (Fsp3) is 0.960. The number of hydrogen-bond acceptors (Lipinski definition) is 3. The van der Waals surface area contributed by atoms with E-state index in [1.165, 1.54) is 58.5 Å². The lowest BCUT2D eigenvalue weighted by molar-refractivity contribution is -0.168. The predicted octanol–water partition coefficient (Wildman–Crippen LogP) is 5.60. The highest BCUT2D eigenvalue weighted by molar-refractivity contribution is 5.69. The van der Waals surface area contributed by atoms with E-state index in [-0.39, 0.29) is 17.5 Å². The van der Waals surface area contributed by atoms with Gasteiger partial charge in [-0.3, -0.25) is 4.79 Å². The molecular formula is C25H42O3. The van der Waals surface area contributed by atoms with Gasteiger partial charge in [0, 0.05) is 6.42 Å². The minimum Gasteiger partial charge on any atom is -0.469 e. The summed E-state index contributed by atoms with van der Waals surface area (Å²) in [5, 5.41) is 11.5. The Morgan fingerprint density at radius 3 is 2.64 bits per heavy atom. The normalized spacial score (nSPS) is 48.9. The largest absolute Gasteiger partial charge is 0.469 e. The van der Waals surface area contributed by atoms with Crippen molar-refractivity contribution in [1.82, 2.24) is 0 Å². The van der Waals surface area contributed by atoms with Crippen LogP contribution >= 0.6 is 0 Å². The molecule has 4 saturated carbocycles. The molecule has 4 aliphatic rings. The van der Waals surface area contributed by atoms with E-state index < -0.39 is 0 Å². The summed E-state index contributed by atoms with van der Waals surface area (Å²) < 4.78 is 4.86. The average molecular weight is 391 g/mol. The van der Waals surface area contributed by atoms with Crippen LogP contribution in [0.5, 0.6) is 0 Å². The van der Waals surface area contributed by atoms with Crippen LogP contribution in [0.15, 0.2) is 0 Å². The molecule has 4 fully saturated rings. The summed E-state index contributed by atoms with van der Waals surface area (Å²) in [6.45, 7) is 7.29. The summed E-state index contributed by atoms with van der Waals surface area (Å²) in [4.78, 5) is 11.6. The number of fused-ring (bicyclic) bond motifs is 5. The van der Waals surface area contributed by atoms with Gasteiger partial charge in [0.05, 0.1) is 13.2 Å². The number of ether oxygens (including phenoxy) is 1. The molecule has 0 aliphatic heterocycles. The Bertz CT molecular complexity index is 588. The van der Waals surface area contributed by atoms with Crippen LogP contribution in [0.4, 0.5) is 0 Å². The third-order valence-electron chi connectivity index (χ3n) is 10.5. The maximum absolute atomic E-state index is 11.6. The molecule has 0 spiro atoms. The van der Waals surface area contributed by atoms with E-state index in [0.717, 1.165) is 30.6 Å². The Balaban J connectivity index is 1.54. The van der Waals surface area contributed by atoms with Gasteiger partial charge in [-0.05, 0) is 97.7 Å². The topological polar surface area (TPSA) is 46.5 Å². The van der Waals surface area contributed by atoms with Crippen molar-refractivity contribution in [3.63, 3.8) is 0 Å². The van der Waals surface area contributed by atoms with E-state index in [0.29, 0.717) is 29.6 Å². The van der Waals surface area contributed by atoms with Crippen LogP contribution < -0.4 is 0 Å². The molecule has 0 amide bonds. The van der Waals surface area contributed by atoms with Crippen LogP contribution in [-0.2, 0) is 9.53 Å². The summed E-state index contributed by atoms with van der Waals surface area (Å²) in [7, 11) is 1.48. The molecule has 0 aromatic rings. The maximum Gasteiger partial charge on any atom is 0.305 e. The van der Waals surface area contributed by atoms with Crippen LogP contribution in [0.2, 0.25) is 0 Å². The highest BCUT2D eigenvalue weighted by Crippen LogP contribution is 2.68. The number of carbonyl (C=O) groups excluding carboxylic acids is 1. The average Bonchev–Trinajstić information content (AvgIpc) is 3.05. The summed E-state index contributed by atoms with van der Waals surface area (Å²) in [5.41, 5.74) is 0.507. The number of aliphatic hydroxyl groups excluding tert-OH is 1. The Morgan fingerprint density at radius 2 is 1.89 bits per heavy atom. The Morgan fingerprint density at radius 1 is 1.11 bits per heavy atom. The number of methoxy groups -OCH3 is 1. The van der Waals surface area contributed by atoms with Crippen molar-refractivity contribution < 1.29 is 14.6 Å². The van der Waals surface area contributed by atoms with Crippen LogP contribution in [0.1, 0.15) is 91.4 Å². The minimum absolute atomic E-state index is 0.0363. The van der Waals surface area contributed by atoms with E-state index in [4.69, 9.17) is 4.74 Å². The molecule has 160 valence electrons. The second kappa shape index (κ2) is 7.60. The zero-order chi connectivity index (χ0) is 20.1. The molecule has 0 aromatic carbocycles. The molecule has 1 N–H and O–H groups in total. The quantitative estimate of drug-likeness (QED) is 0.636. The van der Waals surface area contributed by atoms with Gasteiger partial charge in [0.1, 0.15) is 0 Å². The SMILES string of the molecule is COC(=O)CCC(C)C1CCC2C3CC[C@@H]4CCCCC4(C)C3CC(O)C12C. The number of carbonyl (C=O) groups is 1. The Hall–Kier alpha value is -0.570. The molecule has 9 atom stereocenters. The summed E-state index contributed by atoms with van der Waals surface area (Å²) in [5.74, 6) is 4.02. The highest BCUT2D eigenvalue weighted by atomic mass is 16.5. The van der Waals surface area contributed by atoms with E-state index in [2.05, 4.69) is 20.8 Å². The molecule has 8 unspecified atom stereocenters. The van der Waals surface area contributed by atoms with Crippen LogP contribution in [0, 0.1) is 46.3 Å². The molecule has 3 nitrogen and oxygen atoms in total. The summed E-state index contributed by atoms with van der Waals surface area (Å²) in [6.07, 6.45) is 13.2. The van der Waals surface area contributed by atoms with Crippen molar-refractivity contribution in [3.05, 3.63) is 0 Å². The minimum atomic E-state index is -0.177. The maximum atomic E-state index is 11.6. The van der Waals surface area contributed by atoms with Gasteiger partial charge in [-0.15, -0.1) is 0 Å². The number of aliphatic hydroxyl groups is 1. The van der Waals surface area contributed by atoms with E-state index in [1.807, 2.05) is 0 Å². The molecule has 0 saturated heterocycles. The molecule has 4 rings (SSSR count). The van der Waals surface area contributed by atoms with Crippen LogP contribution in [0.25, 0.3) is 0 Å². The lowest BCUT2D eigenvalue weighted by atomic mass is 9.44. The van der Waals surface area contributed by atoms with Gasteiger partial charge >= 0.3 is 5.97 Å². The third-order valence-corrected chi connectivity index (χ3v) is 10.5. The Labute approximate surface area is 172 Å². The summed E-state index contributed by atoms with van der Waals surface area (Å²) in [6, 6.07) is 0. The molecule has 0 aromatic heterocycles. The van der Waals surface area contributed by atoms with E-state index >= 15 is 0 Å². The van der Waals surface area contributed by atoms with Crippen LogP contribution in [-0.4, -0.2) is 24.3 Å². The molecular weight excluding hydrogens is 348 g/mol. The molecule has 0 bridgehead atoms. The van der Waals surface area contributed by atoms with Crippen molar-refractivity contribution in [2.45, 2.75) is 97.5 Å². The van der Waals surface area contributed by atoms with E-state index in [1.54, 1.807) is 0 Å². The second-order valence-electron chi connectivity index (χ2n) is 11.3. The van der Waals surface area contributed by atoms with Crippen molar-refractivity contribution in [1.29, 1.82) is 0 Å². The smallest absolute Gasteiger partial charge is 0.305 e. The lowest BCUT2D eigenvalue weighted by Gasteiger charge is -2.62. The van der Waals surface area contributed by atoms with Gasteiger partial charge in [-0.2, -0.15) is 0 Å². The first kappa shape index (κ1) is 20.7. The first-order chi connectivity index (χ1) is 13.3. The predicted molar refractivity (Wildman–Crippen MR) is 112 cm³/mol. The Kier molecular flexibility index (Phi) is 5.61. The van der Waals surface area contributed by atoms with Gasteiger partial charge in [-0.1, -0.05) is 33.6 Å². The van der Waals surface area contributed by atoms with E-state index in [9.17, 15) is 9.90 Å². The fourth-order valence-electron chi connectivity index (χ4n) is 8.87. The zero-order valence-electron chi connectivity index (χ0n) is 18.6. The number of esters is 1. The molecule has 4 aliphatic carbocycles. The highest BCUT2D eigenvalue weighted by Gasteiger charge is 2.63. The summed E-state index contributed by atoms with van der Waals surface area (Å²) >= 11 is 0.